The maximum atomic E-state index is 5.83. The third-order valence-corrected chi connectivity index (χ3v) is 2.03. The maximum absolute atomic E-state index is 5.83. The molecule has 1 aromatic rings. The SMILES string of the molecule is [CH]N(CCCC)Cc1ccccc1. The van der Waals surface area contributed by atoms with E-state index in [9.17, 15) is 0 Å². The Hall–Kier alpha value is -0.820. The van der Waals surface area contributed by atoms with E-state index in [1.165, 1.54) is 18.4 Å². The predicted molar refractivity (Wildman–Crippen MR) is 56.1 cm³/mol. The van der Waals surface area contributed by atoms with E-state index in [1.807, 2.05) is 23.1 Å². The van der Waals surface area contributed by atoms with Crippen LogP contribution >= 0.6 is 0 Å². The summed E-state index contributed by atoms with van der Waals surface area (Å²) in [5.41, 5.74) is 1.28. The Bertz CT molecular complexity index is 218. The summed E-state index contributed by atoms with van der Waals surface area (Å²) in [6.07, 6.45) is 2.37. The third kappa shape index (κ3) is 4.09. The monoisotopic (exact) mass is 175 g/mol. The van der Waals surface area contributed by atoms with E-state index >= 15 is 0 Å². The minimum absolute atomic E-state index is 0.848. The largest absolute Gasteiger partial charge is 0.293 e. The number of benzene rings is 1. The van der Waals surface area contributed by atoms with Crippen molar-refractivity contribution in [2.24, 2.45) is 0 Å². The van der Waals surface area contributed by atoms with Crippen LogP contribution in [0.2, 0.25) is 0 Å². The lowest BCUT2D eigenvalue weighted by molar-refractivity contribution is 0.355. The molecule has 0 fully saturated rings. The first-order chi connectivity index (χ1) is 6.33. The molecule has 0 aliphatic carbocycles. The summed E-state index contributed by atoms with van der Waals surface area (Å²) >= 11 is 0. The zero-order valence-electron chi connectivity index (χ0n) is 8.24. The van der Waals surface area contributed by atoms with E-state index in [0.29, 0.717) is 0 Å². The number of rotatable bonds is 5. The summed E-state index contributed by atoms with van der Waals surface area (Å²) in [6.45, 7) is 4.00. The Kier molecular flexibility index (Phi) is 4.55. The lowest BCUT2D eigenvalue weighted by Crippen LogP contribution is -2.16. The molecule has 0 heterocycles. The molecule has 0 spiro atoms. The van der Waals surface area contributed by atoms with Crippen molar-refractivity contribution in [1.29, 1.82) is 0 Å². The minimum Gasteiger partial charge on any atom is -0.293 e. The molecule has 0 saturated carbocycles. The van der Waals surface area contributed by atoms with Crippen LogP contribution in [0.15, 0.2) is 30.3 Å². The van der Waals surface area contributed by atoms with E-state index < -0.39 is 0 Å². The van der Waals surface area contributed by atoms with Crippen molar-refractivity contribution in [2.45, 2.75) is 26.3 Å². The topological polar surface area (TPSA) is 3.24 Å². The summed E-state index contributed by atoms with van der Waals surface area (Å²) in [5, 5.41) is 0. The van der Waals surface area contributed by atoms with Gasteiger partial charge >= 0.3 is 0 Å². The summed E-state index contributed by atoms with van der Waals surface area (Å²) in [7, 11) is 5.83. The molecule has 2 radical (unpaired) electrons. The van der Waals surface area contributed by atoms with Crippen molar-refractivity contribution in [3.8, 4) is 0 Å². The fraction of sp³-hybridized carbons (Fsp3) is 0.417. The first-order valence-corrected chi connectivity index (χ1v) is 4.86. The Morgan fingerprint density at radius 2 is 1.92 bits per heavy atom. The van der Waals surface area contributed by atoms with Crippen molar-refractivity contribution in [3.05, 3.63) is 42.9 Å². The molecule has 1 heteroatoms. The van der Waals surface area contributed by atoms with E-state index in [-0.39, 0.29) is 0 Å². The van der Waals surface area contributed by atoms with Crippen LogP contribution in [0.5, 0.6) is 0 Å². The fourth-order valence-electron chi connectivity index (χ4n) is 1.26. The number of nitrogens with zero attached hydrogens (tertiary/aromatic N) is 1. The molecule has 70 valence electrons. The van der Waals surface area contributed by atoms with Crippen LogP contribution in [0, 0.1) is 7.05 Å². The highest BCUT2D eigenvalue weighted by Gasteiger charge is 1.98. The molecule has 0 aliphatic rings. The second-order valence-electron chi connectivity index (χ2n) is 3.31. The molecule has 1 aromatic carbocycles. The van der Waals surface area contributed by atoms with E-state index in [2.05, 4.69) is 19.1 Å². The fourth-order valence-corrected chi connectivity index (χ4v) is 1.26. The summed E-state index contributed by atoms with van der Waals surface area (Å²) in [4.78, 5) is 1.87. The Morgan fingerprint density at radius 3 is 2.54 bits per heavy atom. The normalized spacial score (nSPS) is 10.7. The molecular weight excluding hydrogens is 158 g/mol. The van der Waals surface area contributed by atoms with E-state index in [0.717, 1.165) is 13.1 Å². The smallest absolute Gasteiger partial charge is 0.0442 e. The van der Waals surface area contributed by atoms with Crippen LogP contribution in [0.1, 0.15) is 25.3 Å². The number of hydrogen-bond acceptors (Lipinski definition) is 1. The minimum atomic E-state index is 0.848. The molecule has 0 bridgehead atoms. The van der Waals surface area contributed by atoms with Crippen molar-refractivity contribution in [1.82, 2.24) is 4.90 Å². The lowest BCUT2D eigenvalue weighted by atomic mass is 10.2. The van der Waals surface area contributed by atoms with Crippen molar-refractivity contribution < 1.29 is 0 Å². The molecule has 1 rings (SSSR count). The Labute approximate surface area is 81.4 Å². The lowest BCUT2D eigenvalue weighted by Gasteiger charge is -2.14. The molecule has 0 unspecified atom stereocenters. The average molecular weight is 175 g/mol. The highest BCUT2D eigenvalue weighted by Crippen LogP contribution is 2.04. The van der Waals surface area contributed by atoms with Gasteiger partial charge in [0.1, 0.15) is 0 Å². The Morgan fingerprint density at radius 1 is 1.23 bits per heavy atom. The van der Waals surface area contributed by atoms with Gasteiger partial charge in [0.2, 0.25) is 0 Å². The molecule has 1 nitrogen and oxygen atoms in total. The van der Waals surface area contributed by atoms with Crippen LogP contribution < -0.4 is 0 Å². The van der Waals surface area contributed by atoms with Crippen LogP contribution in [0.3, 0.4) is 0 Å². The third-order valence-electron chi connectivity index (χ3n) is 2.03. The average Bonchev–Trinajstić information content (AvgIpc) is 2.16. The van der Waals surface area contributed by atoms with Gasteiger partial charge in [0.15, 0.2) is 0 Å². The molecule has 0 amide bonds. The van der Waals surface area contributed by atoms with Gasteiger partial charge in [-0.3, -0.25) is 4.90 Å². The van der Waals surface area contributed by atoms with E-state index in [1.54, 1.807) is 0 Å². The van der Waals surface area contributed by atoms with Gasteiger partial charge < -0.3 is 0 Å². The molecule has 13 heavy (non-hydrogen) atoms. The molecule has 0 saturated heterocycles. The van der Waals surface area contributed by atoms with Gasteiger partial charge in [-0.05, 0) is 18.5 Å². The van der Waals surface area contributed by atoms with Crippen LogP contribution in [-0.4, -0.2) is 11.4 Å². The van der Waals surface area contributed by atoms with Gasteiger partial charge in [0.05, 0.1) is 0 Å². The maximum Gasteiger partial charge on any atom is 0.0442 e. The highest BCUT2D eigenvalue weighted by atomic mass is 15.1. The first-order valence-electron chi connectivity index (χ1n) is 4.86. The zero-order valence-corrected chi connectivity index (χ0v) is 8.24. The van der Waals surface area contributed by atoms with Crippen LogP contribution in [-0.2, 0) is 6.54 Å². The zero-order chi connectivity index (χ0) is 9.52. The van der Waals surface area contributed by atoms with Crippen LogP contribution in [0.25, 0.3) is 0 Å². The molecule has 0 atom stereocenters. The van der Waals surface area contributed by atoms with Gasteiger partial charge in [-0.1, -0.05) is 43.7 Å². The van der Waals surface area contributed by atoms with E-state index in [4.69, 9.17) is 7.05 Å². The van der Waals surface area contributed by atoms with Crippen molar-refractivity contribution >= 4 is 0 Å². The second kappa shape index (κ2) is 5.76. The number of unbranched alkanes of at least 4 members (excludes halogenated alkanes) is 1. The summed E-state index contributed by atoms with van der Waals surface area (Å²) < 4.78 is 0. The van der Waals surface area contributed by atoms with Crippen molar-refractivity contribution in [2.75, 3.05) is 6.54 Å². The highest BCUT2D eigenvalue weighted by molar-refractivity contribution is 5.14. The van der Waals surface area contributed by atoms with Gasteiger partial charge in [0.25, 0.3) is 0 Å². The quantitative estimate of drug-likeness (QED) is 0.622. The summed E-state index contributed by atoms with van der Waals surface area (Å²) in [5.74, 6) is 0. The molecule has 0 aliphatic heterocycles. The van der Waals surface area contributed by atoms with Crippen LogP contribution in [0.4, 0.5) is 0 Å². The number of hydrogen-bond donors (Lipinski definition) is 0. The van der Waals surface area contributed by atoms with Crippen molar-refractivity contribution in [3.63, 3.8) is 0 Å². The second-order valence-corrected chi connectivity index (χ2v) is 3.31. The predicted octanol–water partition coefficient (Wildman–Crippen LogP) is 2.96. The molecule has 0 N–H and O–H groups in total. The van der Waals surface area contributed by atoms with Gasteiger partial charge in [-0.25, -0.2) is 0 Å². The first kappa shape index (κ1) is 10.3. The standard InChI is InChI=1S/C12H17N/c1-3-4-10-13(2)11-12-8-6-5-7-9-12/h2,5-9H,3-4,10-11H2,1H3. The summed E-state index contributed by atoms with van der Waals surface area (Å²) in [6, 6.07) is 10.3. The molecular formula is C12H17N. The van der Waals surface area contributed by atoms with Gasteiger partial charge in [-0.15, -0.1) is 0 Å². The van der Waals surface area contributed by atoms with Gasteiger partial charge in [0, 0.05) is 13.6 Å². The molecule has 0 aromatic heterocycles. The Balaban J connectivity index is 2.32. The van der Waals surface area contributed by atoms with Gasteiger partial charge in [-0.2, -0.15) is 0 Å².